The number of anilines is 1. The van der Waals surface area contributed by atoms with Crippen LogP contribution >= 0.6 is 23.2 Å². The molecule has 0 spiro atoms. The largest absolute Gasteiger partial charge is 0.342 e. The van der Waals surface area contributed by atoms with Gasteiger partial charge in [0.2, 0.25) is 5.91 Å². The topological polar surface area (TPSA) is 76.0 Å². The molecule has 0 saturated carbocycles. The molecule has 0 aliphatic heterocycles. The minimum absolute atomic E-state index is 0.0147. The fourth-order valence-electron chi connectivity index (χ4n) is 3.56. The van der Waals surface area contributed by atoms with E-state index in [0.29, 0.717) is 27.1 Å². The molecule has 33 heavy (non-hydrogen) atoms. The van der Waals surface area contributed by atoms with Gasteiger partial charge in [0.05, 0.1) is 27.1 Å². The number of hydrogen-bond donors (Lipinski definition) is 2. The highest BCUT2D eigenvalue weighted by atomic mass is 35.5. The van der Waals surface area contributed by atoms with Crippen LogP contribution in [0.4, 0.5) is 5.69 Å². The van der Waals surface area contributed by atoms with E-state index < -0.39 is 6.04 Å². The Bertz CT molecular complexity index is 1330. The Labute approximate surface area is 201 Å². The first-order valence-corrected chi connectivity index (χ1v) is 11.1. The van der Waals surface area contributed by atoms with Crippen molar-refractivity contribution in [2.75, 3.05) is 5.32 Å². The average Bonchev–Trinajstić information content (AvgIpc) is 3.15. The van der Waals surface area contributed by atoms with Crippen molar-refractivity contribution in [2.24, 2.45) is 0 Å². The number of aromatic nitrogens is 2. The standard InChI is InChI=1S/C25H22Cl2N4O2/c1-15-7-9-17(10-8-15)25(33)28-16(2)24-30-21-5-3-4-6-22(21)31(24)14-23(32)29-18-11-12-19(26)20(27)13-18/h3-13,16H,14H2,1-2H3,(H,28,33)(H,29,32)/t16-/m1/s1. The normalized spacial score (nSPS) is 11.9. The fraction of sp³-hybridized carbons (Fsp3) is 0.160. The number of hydrogen-bond acceptors (Lipinski definition) is 3. The van der Waals surface area contributed by atoms with Gasteiger partial charge in [-0.25, -0.2) is 4.98 Å². The number of carbonyl (C=O) groups excluding carboxylic acids is 2. The summed E-state index contributed by atoms with van der Waals surface area (Å²) in [7, 11) is 0. The number of halogens is 2. The Balaban J connectivity index is 1.58. The van der Waals surface area contributed by atoms with Crippen molar-refractivity contribution in [3.63, 3.8) is 0 Å². The average molecular weight is 481 g/mol. The molecule has 4 rings (SSSR count). The van der Waals surface area contributed by atoms with Crippen molar-refractivity contribution in [3.05, 3.63) is 93.7 Å². The third-order valence-corrected chi connectivity index (χ3v) is 5.98. The molecule has 8 heteroatoms. The van der Waals surface area contributed by atoms with Gasteiger partial charge >= 0.3 is 0 Å². The molecule has 168 valence electrons. The number of fused-ring (bicyclic) bond motifs is 1. The maximum absolute atomic E-state index is 12.8. The van der Waals surface area contributed by atoms with Crippen molar-refractivity contribution in [3.8, 4) is 0 Å². The van der Waals surface area contributed by atoms with E-state index in [0.717, 1.165) is 16.6 Å². The van der Waals surface area contributed by atoms with Gasteiger partial charge in [-0.05, 0) is 56.3 Å². The van der Waals surface area contributed by atoms with E-state index in [2.05, 4.69) is 15.6 Å². The van der Waals surface area contributed by atoms with Crippen molar-refractivity contribution in [1.29, 1.82) is 0 Å². The maximum atomic E-state index is 12.8. The van der Waals surface area contributed by atoms with Crippen LogP contribution in [0.3, 0.4) is 0 Å². The molecule has 0 saturated heterocycles. The van der Waals surface area contributed by atoms with Crippen LogP contribution in [0.15, 0.2) is 66.7 Å². The first-order chi connectivity index (χ1) is 15.8. The van der Waals surface area contributed by atoms with Crippen LogP contribution < -0.4 is 10.6 Å². The van der Waals surface area contributed by atoms with Gasteiger partial charge in [-0.2, -0.15) is 0 Å². The molecular weight excluding hydrogens is 459 g/mol. The third-order valence-electron chi connectivity index (χ3n) is 5.24. The summed E-state index contributed by atoms with van der Waals surface area (Å²) < 4.78 is 1.81. The quantitative estimate of drug-likeness (QED) is 0.367. The monoisotopic (exact) mass is 480 g/mol. The molecular formula is C25H22Cl2N4O2. The lowest BCUT2D eigenvalue weighted by Gasteiger charge is -2.16. The predicted octanol–water partition coefficient (Wildman–Crippen LogP) is 5.78. The molecule has 0 aliphatic carbocycles. The zero-order chi connectivity index (χ0) is 23.5. The number of para-hydroxylation sites is 2. The van der Waals surface area contributed by atoms with Gasteiger partial charge in [0, 0.05) is 11.3 Å². The minimum Gasteiger partial charge on any atom is -0.342 e. The van der Waals surface area contributed by atoms with Gasteiger partial charge < -0.3 is 15.2 Å². The number of aryl methyl sites for hydroxylation is 1. The number of benzene rings is 3. The molecule has 2 N–H and O–H groups in total. The Morgan fingerprint density at radius 3 is 2.45 bits per heavy atom. The summed E-state index contributed by atoms with van der Waals surface area (Å²) in [4.78, 5) is 30.3. The SMILES string of the molecule is Cc1ccc(C(=O)N[C@H](C)c2nc3ccccc3n2CC(=O)Nc2ccc(Cl)c(Cl)c2)cc1. The summed E-state index contributed by atoms with van der Waals surface area (Å²) in [5.41, 5.74) is 3.72. The number of amides is 2. The van der Waals surface area contributed by atoms with Gasteiger partial charge in [0.25, 0.3) is 5.91 Å². The molecule has 0 unspecified atom stereocenters. The van der Waals surface area contributed by atoms with Crippen LogP contribution in [0.25, 0.3) is 11.0 Å². The van der Waals surface area contributed by atoms with Crippen molar-refractivity contribution >= 4 is 51.7 Å². The van der Waals surface area contributed by atoms with Gasteiger partial charge in [-0.3, -0.25) is 9.59 Å². The Morgan fingerprint density at radius 2 is 1.73 bits per heavy atom. The van der Waals surface area contributed by atoms with E-state index in [1.165, 1.54) is 0 Å². The second-order valence-electron chi connectivity index (χ2n) is 7.78. The Morgan fingerprint density at radius 1 is 1.00 bits per heavy atom. The number of nitrogens with one attached hydrogen (secondary N) is 2. The highest BCUT2D eigenvalue weighted by Gasteiger charge is 2.20. The second kappa shape index (κ2) is 9.65. The van der Waals surface area contributed by atoms with Crippen LogP contribution in [0, 0.1) is 6.92 Å². The number of carbonyl (C=O) groups is 2. The summed E-state index contributed by atoms with van der Waals surface area (Å²) in [6.07, 6.45) is 0. The Kier molecular flexibility index (Phi) is 6.67. The number of imidazole rings is 1. The molecule has 2 amide bonds. The number of rotatable bonds is 6. The van der Waals surface area contributed by atoms with Crippen LogP contribution in [-0.4, -0.2) is 21.4 Å². The lowest BCUT2D eigenvalue weighted by Crippen LogP contribution is -2.30. The molecule has 1 aromatic heterocycles. The predicted molar refractivity (Wildman–Crippen MR) is 132 cm³/mol. The molecule has 6 nitrogen and oxygen atoms in total. The molecule has 4 aromatic rings. The van der Waals surface area contributed by atoms with Crippen LogP contribution in [-0.2, 0) is 11.3 Å². The van der Waals surface area contributed by atoms with E-state index in [1.807, 2.05) is 54.8 Å². The molecule has 0 aliphatic rings. The summed E-state index contributed by atoms with van der Waals surface area (Å²) in [6, 6.07) is 19.4. The van der Waals surface area contributed by atoms with Gasteiger partial charge in [-0.15, -0.1) is 0 Å². The molecule has 3 aromatic carbocycles. The van der Waals surface area contributed by atoms with E-state index in [1.54, 1.807) is 30.3 Å². The smallest absolute Gasteiger partial charge is 0.251 e. The van der Waals surface area contributed by atoms with E-state index in [-0.39, 0.29) is 18.4 Å². The van der Waals surface area contributed by atoms with E-state index in [9.17, 15) is 9.59 Å². The highest BCUT2D eigenvalue weighted by molar-refractivity contribution is 6.42. The molecule has 1 atom stereocenters. The van der Waals surface area contributed by atoms with Crippen molar-refractivity contribution in [2.45, 2.75) is 26.4 Å². The summed E-state index contributed by atoms with van der Waals surface area (Å²) in [6.45, 7) is 3.83. The third kappa shape index (κ3) is 5.18. The molecule has 0 fully saturated rings. The Hall–Kier alpha value is -3.35. The molecule has 0 bridgehead atoms. The lowest BCUT2D eigenvalue weighted by molar-refractivity contribution is -0.116. The summed E-state index contributed by atoms with van der Waals surface area (Å²) in [5, 5.41) is 6.59. The first kappa shape index (κ1) is 22.8. The maximum Gasteiger partial charge on any atom is 0.251 e. The summed E-state index contributed by atoms with van der Waals surface area (Å²) >= 11 is 12.0. The van der Waals surface area contributed by atoms with E-state index in [4.69, 9.17) is 23.2 Å². The zero-order valence-corrected chi connectivity index (χ0v) is 19.6. The fourth-order valence-corrected chi connectivity index (χ4v) is 3.86. The minimum atomic E-state index is -0.427. The highest BCUT2D eigenvalue weighted by Crippen LogP contribution is 2.26. The summed E-state index contributed by atoms with van der Waals surface area (Å²) in [5.74, 6) is 0.122. The van der Waals surface area contributed by atoms with Gasteiger partial charge in [0.1, 0.15) is 12.4 Å². The van der Waals surface area contributed by atoms with Crippen LogP contribution in [0.5, 0.6) is 0 Å². The van der Waals surface area contributed by atoms with E-state index >= 15 is 0 Å². The molecule has 0 radical (unpaired) electrons. The lowest BCUT2D eigenvalue weighted by atomic mass is 10.1. The zero-order valence-electron chi connectivity index (χ0n) is 18.1. The van der Waals surface area contributed by atoms with Gasteiger partial charge in [-0.1, -0.05) is 53.0 Å². The van der Waals surface area contributed by atoms with Crippen molar-refractivity contribution < 1.29 is 9.59 Å². The second-order valence-corrected chi connectivity index (χ2v) is 8.60. The van der Waals surface area contributed by atoms with Crippen LogP contribution in [0.1, 0.15) is 34.7 Å². The van der Waals surface area contributed by atoms with Gasteiger partial charge in [0.15, 0.2) is 0 Å². The van der Waals surface area contributed by atoms with Crippen LogP contribution in [0.2, 0.25) is 10.0 Å². The molecule has 1 heterocycles. The first-order valence-electron chi connectivity index (χ1n) is 10.4. The number of nitrogens with zero attached hydrogens (tertiary/aromatic N) is 2. The van der Waals surface area contributed by atoms with Crippen molar-refractivity contribution in [1.82, 2.24) is 14.9 Å².